The van der Waals surface area contributed by atoms with Crippen LogP contribution >= 0.6 is 0 Å². The number of hydrogen-bond acceptors (Lipinski definition) is 5. The molecule has 2 rings (SSSR count). The van der Waals surface area contributed by atoms with Crippen molar-refractivity contribution in [1.29, 1.82) is 0 Å². The highest BCUT2D eigenvalue weighted by atomic mass is 16.5. The van der Waals surface area contributed by atoms with Gasteiger partial charge in [-0.15, -0.1) is 0 Å². The van der Waals surface area contributed by atoms with E-state index in [-0.39, 0.29) is 17.4 Å². The van der Waals surface area contributed by atoms with E-state index in [4.69, 9.17) is 4.52 Å². The van der Waals surface area contributed by atoms with Gasteiger partial charge in [0.05, 0.1) is 12.6 Å². The number of carbonyl (C=O) groups is 1. The van der Waals surface area contributed by atoms with Gasteiger partial charge in [-0.05, 0) is 19.4 Å². The van der Waals surface area contributed by atoms with Gasteiger partial charge in [0.1, 0.15) is 0 Å². The molecule has 6 nitrogen and oxygen atoms in total. The molecule has 1 aromatic rings. The molecule has 1 aromatic heterocycles. The average Bonchev–Trinajstić information content (AvgIpc) is 2.97. The summed E-state index contributed by atoms with van der Waals surface area (Å²) in [5, 5.41) is 6.71. The van der Waals surface area contributed by atoms with Gasteiger partial charge >= 0.3 is 0 Å². The minimum absolute atomic E-state index is 0.0667. The lowest BCUT2D eigenvalue weighted by molar-refractivity contribution is -0.125. The third-order valence-corrected chi connectivity index (χ3v) is 3.37. The SMILES string of the molecule is CNC(=O)C1CCCN1Cc1noc(C(C)(C)C)n1. The van der Waals surface area contributed by atoms with E-state index < -0.39 is 0 Å². The molecule has 0 saturated carbocycles. The van der Waals surface area contributed by atoms with Crippen molar-refractivity contribution in [2.45, 2.75) is 51.6 Å². The van der Waals surface area contributed by atoms with Gasteiger partial charge in [-0.2, -0.15) is 4.98 Å². The normalized spacial score (nSPS) is 20.7. The second-order valence-corrected chi connectivity index (χ2v) is 6.01. The summed E-state index contributed by atoms with van der Waals surface area (Å²) in [6.07, 6.45) is 1.92. The number of amides is 1. The Kier molecular flexibility index (Phi) is 3.89. The zero-order chi connectivity index (χ0) is 14.0. The van der Waals surface area contributed by atoms with E-state index in [1.165, 1.54) is 0 Å². The summed E-state index contributed by atoms with van der Waals surface area (Å²) in [7, 11) is 1.67. The van der Waals surface area contributed by atoms with Gasteiger partial charge in [-0.1, -0.05) is 25.9 Å². The smallest absolute Gasteiger partial charge is 0.237 e. The zero-order valence-corrected chi connectivity index (χ0v) is 12.1. The van der Waals surface area contributed by atoms with Crippen LogP contribution in [0.4, 0.5) is 0 Å². The molecule has 1 aliphatic heterocycles. The summed E-state index contributed by atoms with van der Waals surface area (Å²) in [6, 6.07) is -0.0680. The van der Waals surface area contributed by atoms with Crippen molar-refractivity contribution < 1.29 is 9.32 Å². The number of likely N-dealkylation sites (tertiary alicyclic amines) is 1. The Bertz CT molecular complexity index is 450. The molecule has 106 valence electrons. The van der Waals surface area contributed by atoms with Crippen LogP contribution in [-0.2, 0) is 16.8 Å². The minimum Gasteiger partial charge on any atom is -0.358 e. The molecule has 1 N–H and O–H groups in total. The quantitative estimate of drug-likeness (QED) is 0.886. The van der Waals surface area contributed by atoms with Crippen molar-refractivity contribution in [3.05, 3.63) is 11.7 Å². The second-order valence-electron chi connectivity index (χ2n) is 6.01. The van der Waals surface area contributed by atoms with Crippen LogP contribution < -0.4 is 5.32 Å². The first kappa shape index (κ1) is 14.0. The molecule has 2 heterocycles. The van der Waals surface area contributed by atoms with E-state index >= 15 is 0 Å². The predicted molar refractivity (Wildman–Crippen MR) is 70.5 cm³/mol. The molecular weight excluding hydrogens is 244 g/mol. The number of nitrogens with one attached hydrogen (secondary N) is 1. The first-order chi connectivity index (χ1) is 8.91. The standard InChI is InChI=1S/C13H22N4O2/c1-13(2,3)12-15-10(16-19-12)8-17-7-5-6-9(17)11(18)14-4/h9H,5-8H2,1-4H3,(H,14,18). The third-order valence-electron chi connectivity index (χ3n) is 3.37. The van der Waals surface area contributed by atoms with Gasteiger partial charge in [0.2, 0.25) is 11.8 Å². The topological polar surface area (TPSA) is 71.3 Å². The number of rotatable bonds is 3. The Balaban J connectivity index is 2.04. The van der Waals surface area contributed by atoms with Crippen molar-refractivity contribution in [3.63, 3.8) is 0 Å². The Morgan fingerprint density at radius 2 is 2.26 bits per heavy atom. The van der Waals surface area contributed by atoms with Crippen molar-refractivity contribution >= 4 is 5.91 Å². The fourth-order valence-corrected chi connectivity index (χ4v) is 2.28. The van der Waals surface area contributed by atoms with Gasteiger partial charge in [-0.3, -0.25) is 9.69 Å². The molecule has 0 aromatic carbocycles. The van der Waals surface area contributed by atoms with Gasteiger partial charge in [0.25, 0.3) is 0 Å². The van der Waals surface area contributed by atoms with E-state index in [2.05, 4.69) is 20.4 Å². The highest BCUT2D eigenvalue weighted by Gasteiger charge is 2.31. The average molecular weight is 266 g/mol. The van der Waals surface area contributed by atoms with Crippen LogP contribution in [0.15, 0.2) is 4.52 Å². The molecule has 0 bridgehead atoms. The van der Waals surface area contributed by atoms with Gasteiger partial charge < -0.3 is 9.84 Å². The van der Waals surface area contributed by atoms with Gasteiger partial charge in [-0.25, -0.2) is 0 Å². The zero-order valence-electron chi connectivity index (χ0n) is 12.1. The molecule has 1 amide bonds. The lowest BCUT2D eigenvalue weighted by Crippen LogP contribution is -2.41. The van der Waals surface area contributed by atoms with E-state index in [9.17, 15) is 4.79 Å². The number of likely N-dealkylation sites (N-methyl/N-ethyl adjacent to an activating group) is 1. The highest BCUT2D eigenvalue weighted by molar-refractivity contribution is 5.81. The Hall–Kier alpha value is -1.43. The summed E-state index contributed by atoms with van der Waals surface area (Å²) in [6.45, 7) is 7.57. The Morgan fingerprint density at radius 3 is 2.84 bits per heavy atom. The number of nitrogens with zero attached hydrogens (tertiary/aromatic N) is 3. The van der Waals surface area contributed by atoms with Crippen molar-refractivity contribution in [3.8, 4) is 0 Å². The van der Waals surface area contributed by atoms with E-state index in [1.54, 1.807) is 7.05 Å². The fraction of sp³-hybridized carbons (Fsp3) is 0.769. The summed E-state index contributed by atoms with van der Waals surface area (Å²) in [4.78, 5) is 18.3. The summed E-state index contributed by atoms with van der Waals surface area (Å²) in [5.74, 6) is 1.36. The van der Waals surface area contributed by atoms with Gasteiger partial charge in [0, 0.05) is 12.5 Å². The van der Waals surface area contributed by atoms with E-state index in [0.29, 0.717) is 18.3 Å². The first-order valence-corrected chi connectivity index (χ1v) is 6.70. The van der Waals surface area contributed by atoms with Crippen LogP contribution in [0.5, 0.6) is 0 Å². The van der Waals surface area contributed by atoms with Crippen LogP contribution in [0.2, 0.25) is 0 Å². The molecule has 1 saturated heterocycles. The van der Waals surface area contributed by atoms with Crippen molar-refractivity contribution in [2.24, 2.45) is 0 Å². The summed E-state index contributed by atoms with van der Waals surface area (Å²) in [5.41, 5.74) is -0.142. The summed E-state index contributed by atoms with van der Waals surface area (Å²) < 4.78 is 5.27. The minimum atomic E-state index is -0.142. The molecule has 6 heteroatoms. The van der Waals surface area contributed by atoms with Crippen LogP contribution in [0, 0.1) is 0 Å². The Morgan fingerprint density at radius 1 is 1.53 bits per heavy atom. The van der Waals surface area contributed by atoms with Crippen molar-refractivity contribution in [1.82, 2.24) is 20.4 Å². The van der Waals surface area contributed by atoms with Crippen LogP contribution in [0.1, 0.15) is 45.3 Å². The van der Waals surface area contributed by atoms with Gasteiger partial charge in [0.15, 0.2) is 5.82 Å². The maximum absolute atomic E-state index is 11.8. The summed E-state index contributed by atoms with van der Waals surface area (Å²) >= 11 is 0. The van der Waals surface area contributed by atoms with Crippen molar-refractivity contribution in [2.75, 3.05) is 13.6 Å². The lowest BCUT2D eigenvalue weighted by Gasteiger charge is -2.21. The fourth-order valence-electron chi connectivity index (χ4n) is 2.28. The Labute approximate surface area is 113 Å². The largest absolute Gasteiger partial charge is 0.358 e. The molecule has 1 aliphatic rings. The molecule has 1 unspecified atom stereocenters. The highest BCUT2D eigenvalue weighted by Crippen LogP contribution is 2.22. The molecule has 19 heavy (non-hydrogen) atoms. The molecule has 1 atom stereocenters. The van der Waals surface area contributed by atoms with Crippen LogP contribution in [0.3, 0.4) is 0 Å². The van der Waals surface area contributed by atoms with Crippen LogP contribution in [-0.4, -0.2) is 40.6 Å². The maximum atomic E-state index is 11.8. The number of aromatic nitrogens is 2. The monoisotopic (exact) mass is 266 g/mol. The number of hydrogen-bond donors (Lipinski definition) is 1. The first-order valence-electron chi connectivity index (χ1n) is 6.70. The molecule has 0 spiro atoms. The molecular formula is C13H22N4O2. The lowest BCUT2D eigenvalue weighted by atomic mass is 9.97. The van der Waals surface area contributed by atoms with E-state index in [1.807, 2.05) is 20.8 Å². The molecule has 0 aliphatic carbocycles. The molecule has 0 radical (unpaired) electrons. The number of carbonyl (C=O) groups excluding carboxylic acids is 1. The maximum Gasteiger partial charge on any atom is 0.237 e. The second kappa shape index (κ2) is 5.28. The third kappa shape index (κ3) is 3.12. The van der Waals surface area contributed by atoms with E-state index in [0.717, 1.165) is 19.4 Å². The molecule has 1 fully saturated rings. The predicted octanol–water partition coefficient (Wildman–Crippen LogP) is 1.08. The van der Waals surface area contributed by atoms with Crippen LogP contribution in [0.25, 0.3) is 0 Å².